The Morgan fingerprint density at radius 3 is 2.54 bits per heavy atom. The molecule has 0 spiro atoms. The molecule has 28 heavy (non-hydrogen) atoms. The van der Waals surface area contributed by atoms with E-state index in [-0.39, 0.29) is 17.3 Å². The highest BCUT2D eigenvalue weighted by Crippen LogP contribution is 2.23. The number of ether oxygens (including phenoxy) is 1. The molecular weight excluding hydrogens is 368 g/mol. The van der Waals surface area contributed by atoms with Crippen molar-refractivity contribution in [2.45, 2.75) is 45.1 Å². The Bertz CT molecular complexity index is 834. The van der Waals surface area contributed by atoms with Crippen molar-refractivity contribution in [3.05, 3.63) is 65.2 Å². The van der Waals surface area contributed by atoms with Crippen molar-refractivity contribution in [1.82, 2.24) is 5.32 Å². The molecule has 1 atom stereocenters. The lowest BCUT2D eigenvalue weighted by molar-refractivity contribution is 0.103. The molecule has 2 aromatic rings. The number of thiocarbonyl (C=S) groups is 1. The lowest BCUT2D eigenvalue weighted by Gasteiger charge is -2.19. The highest BCUT2D eigenvalue weighted by molar-refractivity contribution is 7.80. The molecular formula is C23H28N2O2S. The number of carbonyl (C=O) groups excluding carboxylic acids is 1. The summed E-state index contributed by atoms with van der Waals surface area (Å²) in [4.78, 5) is 12.9. The molecule has 0 saturated carbocycles. The van der Waals surface area contributed by atoms with E-state index in [9.17, 15) is 4.79 Å². The highest BCUT2D eigenvalue weighted by Gasteiger charge is 2.16. The second kappa shape index (κ2) is 8.84. The van der Waals surface area contributed by atoms with Crippen molar-refractivity contribution in [3.63, 3.8) is 0 Å². The third-order valence-corrected chi connectivity index (χ3v) is 5.16. The molecule has 1 unspecified atom stereocenters. The lowest BCUT2D eigenvalue weighted by Crippen LogP contribution is -2.34. The monoisotopic (exact) mass is 396 g/mol. The average molecular weight is 397 g/mol. The van der Waals surface area contributed by atoms with Gasteiger partial charge in [-0.3, -0.25) is 4.79 Å². The molecule has 1 heterocycles. The third-order valence-electron chi connectivity index (χ3n) is 4.91. The molecule has 3 rings (SSSR count). The first-order chi connectivity index (χ1) is 13.3. The molecule has 0 aromatic heterocycles. The standard InChI is InChI=1S/C23H28N2O2S/c1-23(2,3)18-11-9-16(10-12-18)21(26)17-6-4-7-19(14-17)25-22(28)24-15-20-8-5-13-27-20/h4,6-7,9-12,14,20H,5,8,13,15H2,1-3H3,(H2,24,25,28). The summed E-state index contributed by atoms with van der Waals surface area (Å²) >= 11 is 5.36. The minimum Gasteiger partial charge on any atom is -0.376 e. The summed E-state index contributed by atoms with van der Waals surface area (Å²) in [7, 11) is 0. The van der Waals surface area contributed by atoms with Gasteiger partial charge in [-0.05, 0) is 48.2 Å². The first-order valence-corrected chi connectivity index (χ1v) is 10.2. The van der Waals surface area contributed by atoms with Gasteiger partial charge in [0, 0.05) is 30.0 Å². The van der Waals surface area contributed by atoms with Crippen LogP contribution < -0.4 is 10.6 Å². The van der Waals surface area contributed by atoms with E-state index in [1.807, 2.05) is 48.5 Å². The summed E-state index contributed by atoms with van der Waals surface area (Å²) in [6, 6.07) is 15.3. The summed E-state index contributed by atoms with van der Waals surface area (Å²) in [5.41, 5.74) is 3.39. The number of carbonyl (C=O) groups is 1. The van der Waals surface area contributed by atoms with Crippen LogP contribution in [-0.2, 0) is 10.2 Å². The zero-order chi connectivity index (χ0) is 20.1. The summed E-state index contributed by atoms with van der Waals surface area (Å²) in [6.07, 6.45) is 2.39. The lowest BCUT2D eigenvalue weighted by atomic mass is 9.86. The van der Waals surface area contributed by atoms with Crippen LogP contribution in [0.5, 0.6) is 0 Å². The maximum atomic E-state index is 12.9. The fraction of sp³-hybridized carbons (Fsp3) is 0.391. The van der Waals surface area contributed by atoms with Crippen LogP contribution in [0.1, 0.15) is 55.1 Å². The predicted octanol–water partition coefficient (Wildman–Crippen LogP) is 4.68. The van der Waals surface area contributed by atoms with E-state index in [1.165, 1.54) is 5.56 Å². The van der Waals surface area contributed by atoms with E-state index in [4.69, 9.17) is 17.0 Å². The Hall–Kier alpha value is -2.24. The van der Waals surface area contributed by atoms with E-state index in [0.29, 0.717) is 22.8 Å². The van der Waals surface area contributed by atoms with Crippen LogP contribution in [0.25, 0.3) is 0 Å². The van der Waals surface area contributed by atoms with Gasteiger partial charge in [-0.1, -0.05) is 57.2 Å². The van der Waals surface area contributed by atoms with Crippen molar-refractivity contribution in [2.75, 3.05) is 18.5 Å². The second-order valence-electron chi connectivity index (χ2n) is 8.21. The van der Waals surface area contributed by atoms with Crippen LogP contribution in [0.15, 0.2) is 48.5 Å². The van der Waals surface area contributed by atoms with E-state index < -0.39 is 0 Å². The Labute approximate surface area is 172 Å². The van der Waals surface area contributed by atoms with Crippen LogP contribution in [0.3, 0.4) is 0 Å². The summed E-state index contributed by atoms with van der Waals surface area (Å²) in [5, 5.41) is 6.88. The summed E-state index contributed by atoms with van der Waals surface area (Å²) in [5.74, 6) is 0.00217. The smallest absolute Gasteiger partial charge is 0.193 e. The van der Waals surface area contributed by atoms with Gasteiger partial charge in [0.1, 0.15) is 0 Å². The number of anilines is 1. The quantitative estimate of drug-likeness (QED) is 0.568. The molecule has 2 aromatic carbocycles. The van der Waals surface area contributed by atoms with Gasteiger partial charge in [-0.25, -0.2) is 0 Å². The zero-order valence-electron chi connectivity index (χ0n) is 16.7. The molecule has 1 fully saturated rings. The zero-order valence-corrected chi connectivity index (χ0v) is 17.6. The fourth-order valence-corrected chi connectivity index (χ4v) is 3.41. The molecule has 1 saturated heterocycles. The average Bonchev–Trinajstić information content (AvgIpc) is 3.19. The van der Waals surface area contributed by atoms with Gasteiger partial charge in [-0.2, -0.15) is 0 Å². The Kier molecular flexibility index (Phi) is 6.47. The van der Waals surface area contributed by atoms with Gasteiger partial charge in [0.05, 0.1) is 6.10 Å². The molecule has 0 bridgehead atoms. The Balaban J connectivity index is 1.63. The molecule has 5 heteroatoms. The Morgan fingerprint density at radius 2 is 1.89 bits per heavy atom. The van der Waals surface area contributed by atoms with Gasteiger partial charge >= 0.3 is 0 Å². The number of hydrogen-bond acceptors (Lipinski definition) is 3. The molecule has 2 N–H and O–H groups in total. The topological polar surface area (TPSA) is 50.4 Å². The summed E-state index contributed by atoms with van der Waals surface area (Å²) < 4.78 is 5.59. The van der Waals surface area contributed by atoms with Crippen molar-refractivity contribution < 1.29 is 9.53 Å². The third kappa shape index (κ3) is 5.40. The minimum atomic E-state index is 0.00217. The molecule has 148 valence electrons. The van der Waals surface area contributed by atoms with Crippen LogP contribution in [0.2, 0.25) is 0 Å². The number of ketones is 1. The van der Waals surface area contributed by atoms with E-state index in [2.05, 4.69) is 31.4 Å². The Morgan fingerprint density at radius 1 is 1.14 bits per heavy atom. The van der Waals surface area contributed by atoms with Crippen LogP contribution >= 0.6 is 12.2 Å². The van der Waals surface area contributed by atoms with E-state index in [1.54, 1.807) is 0 Å². The van der Waals surface area contributed by atoms with Gasteiger partial charge in [-0.15, -0.1) is 0 Å². The second-order valence-corrected chi connectivity index (χ2v) is 8.62. The number of nitrogens with one attached hydrogen (secondary N) is 2. The first-order valence-electron chi connectivity index (χ1n) is 9.75. The van der Waals surface area contributed by atoms with Crippen molar-refractivity contribution in [2.24, 2.45) is 0 Å². The highest BCUT2D eigenvalue weighted by atomic mass is 32.1. The predicted molar refractivity (Wildman–Crippen MR) is 118 cm³/mol. The van der Waals surface area contributed by atoms with Gasteiger partial charge in [0.15, 0.2) is 10.9 Å². The number of hydrogen-bond donors (Lipinski definition) is 2. The van der Waals surface area contributed by atoms with Crippen LogP contribution in [0.4, 0.5) is 5.69 Å². The van der Waals surface area contributed by atoms with Gasteiger partial charge < -0.3 is 15.4 Å². The fourth-order valence-electron chi connectivity index (χ4n) is 3.21. The van der Waals surface area contributed by atoms with Crippen LogP contribution in [-0.4, -0.2) is 30.2 Å². The molecule has 1 aliphatic heterocycles. The van der Waals surface area contributed by atoms with Crippen LogP contribution in [0, 0.1) is 0 Å². The SMILES string of the molecule is CC(C)(C)c1ccc(C(=O)c2cccc(NC(=S)NCC3CCCO3)c2)cc1. The maximum absolute atomic E-state index is 12.9. The molecule has 0 radical (unpaired) electrons. The molecule has 1 aliphatic rings. The van der Waals surface area contributed by atoms with Gasteiger partial charge in [0.25, 0.3) is 0 Å². The maximum Gasteiger partial charge on any atom is 0.193 e. The van der Waals surface area contributed by atoms with E-state index in [0.717, 1.165) is 25.1 Å². The van der Waals surface area contributed by atoms with Gasteiger partial charge in [0.2, 0.25) is 0 Å². The number of benzene rings is 2. The van der Waals surface area contributed by atoms with Crippen molar-refractivity contribution in [3.8, 4) is 0 Å². The molecule has 0 aliphatic carbocycles. The molecule has 0 amide bonds. The van der Waals surface area contributed by atoms with Crippen molar-refractivity contribution in [1.29, 1.82) is 0 Å². The summed E-state index contributed by atoms with van der Waals surface area (Å²) in [6.45, 7) is 8.01. The first kappa shape index (κ1) is 20.5. The largest absolute Gasteiger partial charge is 0.376 e. The minimum absolute atomic E-state index is 0.00217. The van der Waals surface area contributed by atoms with E-state index >= 15 is 0 Å². The van der Waals surface area contributed by atoms with Crippen molar-refractivity contribution >= 4 is 28.8 Å². The number of rotatable bonds is 5. The normalized spacial score (nSPS) is 16.6. The molecule has 4 nitrogen and oxygen atoms in total.